The summed E-state index contributed by atoms with van der Waals surface area (Å²) in [6, 6.07) is 8.00. The lowest BCUT2D eigenvalue weighted by Crippen LogP contribution is -2.40. The molecule has 0 saturated carbocycles. The molecule has 8 nitrogen and oxygen atoms in total. The number of hydrogen-bond donors (Lipinski definition) is 1. The molecule has 2 aromatic carbocycles. The van der Waals surface area contributed by atoms with E-state index >= 15 is 0 Å². The van der Waals surface area contributed by atoms with E-state index in [9.17, 15) is 29.1 Å². The normalized spacial score (nSPS) is 25.1. The second-order valence-electron chi connectivity index (χ2n) is 11.0. The molecule has 1 saturated heterocycles. The average Bonchev–Trinajstić information content (AvgIpc) is 3.23. The predicted octanol–water partition coefficient (Wildman–Crippen LogP) is 5.76. The van der Waals surface area contributed by atoms with Gasteiger partial charge in [-0.2, -0.15) is 0 Å². The number of allylic oxidation sites excluding steroid dienone is 6. The molecule has 0 bridgehead atoms. The number of fused-ring (bicyclic) bond motifs is 3. The van der Waals surface area contributed by atoms with Crippen LogP contribution in [0.5, 0.6) is 11.5 Å². The maximum atomic E-state index is 14.1. The number of phenols is 1. The van der Waals surface area contributed by atoms with Gasteiger partial charge in [0, 0.05) is 32.7 Å². The Balaban J connectivity index is 1.50. The van der Waals surface area contributed by atoms with Crippen molar-refractivity contribution >= 4 is 66.7 Å². The van der Waals surface area contributed by atoms with Crippen LogP contribution in [0.1, 0.15) is 48.5 Å². The lowest BCUT2D eigenvalue weighted by molar-refractivity contribution is -0.123. The minimum Gasteiger partial charge on any atom is -0.503 e. The van der Waals surface area contributed by atoms with Crippen LogP contribution in [0.25, 0.3) is 0 Å². The molecule has 0 unspecified atom stereocenters. The van der Waals surface area contributed by atoms with E-state index < -0.39 is 23.7 Å². The first-order chi connectivity index (χ1) is 20.0. The Morgan fingerprint density at radius 1 is 1.02 bits per heavy atom. The second kappa shape index (κ2) is 10.3. The number of nitrogens with zero attached hydrogens (tertiary/aromatic N) is 1. The lowest BCUT2D eigenvalue weighted by atomic mass is 9.59. The van der Waals surface area contributed by atoms with Crippen molar-refractivity contribution < 1.29 is 33.8 Å². The molecule has 6 rings (SSSR count). The van der Waals surface area contributed by atoms with Crippen molar-refractivity contribution in [3.8, 4) is 11.5 Å². The van der Waals surface area contributed by atoms with E-state index in [1.54, 1.807) is 37.3 Å². The van der Waals surface area contributed by atoms with Gasteiger partial charge in [-0.3, -0.25) is 28.9 Å². The number of hydrogen-bond acceptors (Lipinski definition) is 7. The van der Waals surface area contributed by atoms with E-state index in [1.165, 1.54) is 25.0 Å². The maximum absolute atomic E-state index is 14.1. The van der Waals surface area contributed by atoms with Crippen molar-refractivity contribution in [2.45, 2.75) is 32.6 Å². The zero-order chi connectivity index (χ0) is 30.2. The number of ether oxygens (including phenoxy) is 1. The molecular formula is C32H25Br2NO7. The molecule has 10 heteroatoms. The number of phenolic OH excluding ortho intramolecular Hbond substituents is 1. The van der Waals surface area contributed by atoms with Crippen LogP contribution in [-0.2, 0) is 19.2 Å². The Kier molecular flexibility index (Phi) is 6.97. The summed E-state index contributed by atoms with van der Waals surface area (Å²) in [7, 11) is 1.42. The number of rotatable bonds is 4. The molecule has 42 heavy (non-hydrogen) atoms. The van der Waals surface area contributed by atoms with Gasteiger partial charge in [0.25, 0.3) is 0 Å². The van der Waals surface area contributed by atoms with Crippen LogP contribution in [0.15, 0.2) is 73.7 Å². The lowest BCUT2D eigenvalue weighted by Gasteiger charge is -2.42. The van der Waals surface area contributed by atoms with Crippen LogP contribution < -0.4 is 9.64 Å². The smallest absolute Gasteiger partial charge is 0.238 e. The van der Waals surface area contributed by atoms with Gasteiger partial charge in [0.05, 0.1) is 29.1 Å². The molecule has 214 valence electrons. The van der Waals surface area contributed by atoms with Crippen LogP contribution in [0.4, 0.5) is 5.69 Å². The molecule has 1 N–H and O–H groups in total. The predicted molar refractivity (Wildman–Crippen MR) is 160 cm³/mol. The largest absolute Gasteiger partial charge is 0.503 e. The van der Waals surface area contributed by atoms with Gasteiger partial charge < -0.3 is 9.84 Å². The fraction of sp³-hybridized carbons (Fsp3) is 0.281. The fourth-order valence-corrected chi connectivity index (χ4v) is 7.77. The van der Waals surface area contributed by atoms with Crippen LogP contribution in [-0.4, -0.2) is 41.4 Å². The van der Waals surface area contributed by atoms with Crippen LogP contribution in [0.2, 0.25) is 0 Å². The minimum absolute atomic E-state index is 0.125. The Morgan fingerprint density at radius 3 is 2.36 bits per heavy atom. The number of imide groups is 1. The first-order valence-corrected chi connectivity index (χ1v) is 15.0. The van der Waals surface area contributed by atoms with Crippen molar-refractivity contribution in [2.75, 3.05) is 12.0 Å². The van der Waals surface area contributed by atoms with E-state index in [0.717, 1.165) is 5.57 Å². The monoisotopic (exact) mass is 693 g/mol. The van der Waals surface area contributed by atoms with Crippen molar-refractivity contribution in [3.05, 3.63) is 84.8 Å². The summed E-state index contributed by atoms with van der Waals surface area (Å²) in [5, 5.41) is 10.6. The summed E-state index contributed by atoms with van der Waals surface area (Å²) < 4.78 is 6.21. The van der Waals surface area contributed by atoms with Gasteiger partial charge in [0.2, 0.25) is 11.8 Å². The number of ketones is 3. The van der Waals surface area contributed by atoms with E-state index in [2.05, 4.69) is 31.9 Å². The van der Waals surface area contributed by atoms with Crippen molar-refractivity contribution in [2.24, 2.45) is 17.8 Å². The first kappa shape index (κ1) is 28.5. The van der Waals surface area contributed by atoms with Crippen molar-refractivity contribution in [1.82, 2.24) is 0 Å². The van der Waals surface area contributed by atoms with Gasteiger partial charge >= 0.3 is 0 Å². The van der Waals surface area contributed by atoms with Crippen LogP contribution in [0, 0.1) is 17.8 Å². The van der Waals surface area contributed by atoms with Gasteiger partial charge in [-0.15, -0.1) is 0 Å². The van der Waals surface area contributed by atoms with E-state index in [1.807, 2.05) is 6.08 Å². The number of benzene rings is 2. The zero-order valence-corrected chi connectivity index (χ0v) is 26.0. The summed E-state index contributed by atoms with van der Waals surface area (Å²) in [5.74, 6) is -3.92. The third-order valence-corrected chi connectivity index (χ3v) is 11.0. The van der Waals surface area contributed by atoms with E-state index in [4.69, 9.17) is 4.74 Å². The van der Waals surface area contributed by atoms with Gasteiger partial charge in [-0.25, -0.2) is 0 Å². The summed E-state index contributed by atoms with van der Waals surface area (Å²) in [6.07, 6.45) is 3.71. The van der Waals surface area contributed by atoms with Gasteiger partial charge in [-0.05, 0) is 106 Å². The minimum atomic E-state index is -0.739. The van der Waals surface area contributed by atoms with Gasteiger partial charge in [0.1, 0.15) is 0 Å². The molecule has 0 spiro atoms. The van der Waals surface area contributed by atoms with Crippen LogP contribution >= 0.6 is 31.9 Å². The quantitative estimate of drug-likeness (QED) is 0.187. The fourth-order valence-electron chi connectivity index (χ4n) is 6.81. The standard InChI is InChI=1S/C32H25Br2NO7/c1-13-10-22(37)26-21(29(13)38)11-19-17(24(26)20-12-23(42-3)30(39)28(34)27(20)33)8-9-18-25(19)32(41)35(31(18)40)16-6-4-15(5-7-16)14(2)36/h4-8,10,12,18-19,24-25,39H,9,11H2,1-3H3/t18-,19+,24+,25-/m0/s1. The number of amides is 2. The summed E-state index contributed by atoms with van der Waals surface area (Å²) >= 11 is 6.98. The average molecular weight is 695 g/mol. The molecular weight excluding hydrogens is 670 g/mol. The van der Waals surface area contributed by atoms with Crippen molar-refractivity contribution in [3.63, 3.8) is 0 Å². The number of halogens is 2. The Hall–Kier alpha value is -3.63. The number of Topliss-reactive ketones (excluding diaryl/α,β-unsaturated/α-hetero) is 2. The Labute approximate surface area is 258 Å². The van der Waals surface area contributed by atoms with E-state index in [0.29, 0.717) is 42.5 Å². The molecule has 4 atom stereocenters. The van der Waals surface area contributed by atoms with E-state index in [-0.39, 0.29) is 53.5 Å². The van der Waals surface area contributed by atoms with Crippen LogP contribution in [0.3, 0.4) is 0 Å². The van der Waals surface area contributed by atoms with Gasteiger partial charge in [0.15, 0.2) is 28.8 Å². The number of carbonyl (C=O) groups is 5. The number of carbonyl (C=O) groups excluding carboxylic acids is 5. The Morgan fingerprint density at radius 2 is 1.71 bits per heavy atom. The SMILES string of the molecule is COc1cc([C@H]2C3=CC[C@@H]4C(=O)N(c5ccc(C(C)=O)cc5)C(=O)[C@@H]4[C@@H]3CC3=C2C(=O)C=C(C)C3=O)c(Br)c(Br)c1O. The molecule has 1 fully saturated rings. The molecule has 2 aromatic rings. The highest BCUT2D eigenvalue weighted by molar-refractivity contribution is 9.13. The van der Waals surface area contributed by atoms with Gasteiger partial charge in [-0.1, -0.05) is 11.6 Å². The molecule has 1 aliphatic heterocycles. The third kappa shape index (κ3) is 4.10. The molecule has 0 radical (unpaired) electrons. The van der Waals surface area contributed by atoms with Crippen molar-refractivity contribution in [1.29, 1.82) is 0 Å². The molecule has 3 aliphatic carbocycles. The first-order valence-electron chi connectivity index (χ1n) is 13.4. The Bertz CT molecular complexity index is 1730. The summed E-state index contributed by atoms with van der Waals surface area (Å²) in [4.78, 5) is 67.8. The highest BCUT2D eigenvalue weighted by atomic mass is 79.9. The second-order valence-corrected chi connectivity index (χ2v) is 12.6. The molecule has 1 heterocycles. The number of anilines is 1. The highest BCUT2D eigenvalue weighted by Gasteiger charge is 2.56. The molecule has 2 amide bonds. The summed E-state index contributed by atoms with van der Waals surface area (Å²) in [5.41, 5.74) is 3.21. The number of methoxy groups -OCH3 is 1. The number of aromatic hydroxyl groups is 1. The topological polar surface area (TPSA) is 118 Å². The molecule has 0 aromatic heterocycles. The third-order valence-electron chi connectivity index (χ3n) is 8.80. The molecule has 4 aliphatic rings. The zero-order valence-electron chi connectivity index (χ0n) is 22.9. The maximum Gasteiger partial charge on any atom is 0.238 e. The highest BCUT2D eigenvalue weighted by Crippen LogP contribution is 2.57. The summed E-state index contributed by atoms with van der Waals surface area (Å²) in [6.45, 7) is 3.04.